The Hall–Kier alpha value is -7.52. The Morgan fingerprint density at radius 2 is 0.379 bits per heavy atom. The van der Waals surface area contributed by atoms with Crippen LogP contribution in [0, 0.1) is 421 Å². The van der Waals surface area contributed by atoms with Crippen LogP contribution in [0.5, 0.6) is 0 Å². The summed E-state index contributed by atoms with van der Waals surface area (Å²) in [6.45, 7) is 102. The summed E-state index contributed by atoms with van der Waals surface area (Å²) in [6.07, 6.45) is 0. The number of imidazole rings is 1. The first kappa shape index (κ1) is 137. The van der Waals surface area contributed by atoms with Gasteiger partial charge in [-0.2, -0.15) is 5.10 Å². The van der Waals surface area contributed by atoms with Crippen molar-refractivity contribution < 1.29 is 118 Å². The van der Waals surface area contributed by atoms with Crippen molar-refractivity contribution in [1.29, 1.82) is 0 Å². The van der Waals surface area contributed by atoms with E-state index in [1.54, 1.807) is 0 Å². The molecule has 0 saturated heterocycles. The third-order valence-electron chi connectivity index (χ3n) is 31.0. The zero-order valence-electron chi connectivity index (χ0n) is 101. The van der Waals surface area contributed by atoms with Crippen LogP contribution in [-0.4, -0.2) is 44.3 Å². The smallest absolute Gasteiger partial charge is 0.371 e. The van der Waals surface area contributed by atoms with E-state index >= 15 is 0 Å². The SMILES string of the molecule is Cc1[c-]c(-c2nc(C)c(C)c(C)c2C)c(C)c(C)c1C.Cc1[c-]c(-c2nc(C)c(C)c(C)c2C)c(C)c(C)c1C.Cc1[c-]c(-c2nc(C)c(C)c3c(C)c(C)c(C)c(C)c23)c(C)c(C)c1C.Cc1[c-]c(-c2nc(C)c(C)c3c(C)c(C)c(C)c(C)c23)c(C)c(C)c1C.Cc1[c-]c(-c2nc(C)c(C)n2C)c(C)c(C)c1C.Cc1nc(-c2[c-]c(C)c(C)c(C)c2C)n(C)n1.[2HH].[2HH].[2HH].[2HH].[2HH].[2HH].[2HH].[2HH].[2H][2H].[2H][2H].[CH3-].[CH3-].[CH3-].[CH3-].[CH3-].[CH3-].[CH3-].[CH3-].[Ir+3].[Ir+3].[Ir+3].[Ir+3].[Ir]. The maximum Gasteiger partial charge on any atom is 3.00 e. The van der Waals surface area contributed by atoms with Gasteiger partial charge in [0.05, 0.1) is 11.6 Å². The zero-order valence-corrected chi connectivity index (χ0v) is 109. The molecule has 140 heavy (non-hydrogen) atoms. The van der Waals surface area contributed by atoms with E-state index in [9.17, 15) is 0 Å². The molecular weight excluding hydrogens is 2600 g/mol. The fourth-order valence-electron chi connectivity index (χ4n) is 17.9. The van der Waals surface area contributed by atoms with Gasteiger partial charge in [-0.25, -0.2) is 0 Å². The summed E-state index contributed by atoms with van der Waals surface area (Å²) in [6, 6.07) is 21.4. The van der Waals surface area contributed by atoms with Crippen LogP contribution in [0.3, 0.4) is 0 Å². The number of rotatable bonds is 6. The quantitative estimate of drug-likeness (QED) is 0.153. The summed E-state index contributed by atoms with van der Waals surface area (Å²) in [5.41, 5.74) is 70.4. The van der Waals surface area contributed by atoms with Crippen molar-refractivity contribution in [2.75, 3.05) is 0 Å². The zero-order chi connectivity index (χ0) is 99.7. The van der Waals surface area contributed by atoms with E-state index < -0.39 is 0 Å². The van der Waals surface area contributed by atoms with Gasteiger partial charge in [0.25, 0.3) is 0 Å². The number of fused-ring (bicyclic) bond motifs is 2. The standard InChI is InChI=1S/2C25H30N.2C19H24N.C16H21N2.C14H18N3.8CH3.5Ir.10H2/c2*1-12-11-22(17(6)14(3)13(12)2)25-24-19(8)16(5)15(4)18(7)23(24)20(9)21(10)26-25;2*1-10-9-18(15(6)12(3)11(10)2)19-16(7)13(4)14(5)17(8)20-19;1-9-8-15(12(4)11(3)10(9)2)16-17-13(5)14(6)18(16)7;1-8-7-13(11(4)10(3)9(8)2)14-15-12(5)16-17(14)6;;;;;;;;;;;;;;;;;;;;;;;/h2*1-10H3;2*1-8H3;1-7H3;1-6H3;8*1H3;;;;;;10*1H/q14*-1;;4*+3;;;;;;;;;;/i;;;;;;;;;;;;;;;;;;;2*1+1D;8*1+1. The van der Waals surface area contributed by atoms with Gasteiger partial charge in [0, 0.05) is 85.7 Å². The first-order valence-electron chi connectivity index (χ1n) is 47.4. The molecule has 14 aromatic rings. The van der Waals surface area contributed by atoms with E-state index in [4.69, 9.17) is 25.9 Å². The number of aromatic nitrogens is 9. The van der Waals surface area contributed by atoms with Crippen LogP contribution in [0.2, 0.25) is 0 Å². The van der Waals surface area contributed by atoms with Gasteiger partial charge in [-0.05, 0) is 270 Å². The van der Waals surface area contributed by atoms with E-state index in [1.165, 1.54) is 250 Å². The minimum absolute atomic E-state index is 0. The molecule has 0 amide bonds. The number of benzene rings is 8. The molecule has 0 atom stereocenters. The Labute approximate surface area is 941 Å². The topological polar surface area (TPSA) is 100 Å². The normalized spacial score (nSPS) is 10.3. The summed E-state index contributed by atoms with van der Waals surface area (Å²) >= 11 is 0. The number of pyridine rings is 4. The summed E-state index contributed by atoms with van der Waals surface area (Å²) in [5.74, 6) is 2.71. The largest absolute Gasteiger partial charge is 3.00 e. The van der Waals surface area contributed by atoms with Crippen molar-refractivity contribution in [1.82, 2.24) is 44.3 Å². The van der Waals surface area contributed by atoms with Crippen LogP contribution in [0.1, 0.15) is 280 Å². The second-order valence-electron chi connectivity index (χ2n) is 37.5. The molecule has 0 N–H and O–H groups in total. The molecule has 0 aliphatic rings. The van der Waals surface area contributed by atoms with Gasteiger partial charge < -0.3 is 83.9 Å². The average Bonchev–Trinajstić information content (AvgIpc) is 1.11. The molecule has 0 aliphatic carbocycles. The molecule has 6 heterocycles. The second-order valence-corrected chi connectivity index (χ2v) is 37.5. The van der Waals surface area contributed by atoms with Crippen LogP contribution < -0.4 is 0 Å². The average molecular weight is 2810 g/mol. The van der Waals surface area contributed by atoms with Crippen LogP contribution in [0.15, 0.2) is 0 Å². The Morgan fingerprint density at radius 1 is 0.186 bits per heavy atom. The van der Waals surface area contributed by atoms with Crippen molar-refractivity contribution >= 4 is 21.5 Å². The number of nitrogens with zero attached hydrogens (tertiary/aromatic N) is 9. The molecule has 8 aromatic carbocycles. The monoisotopic (exact) mass is 2810 g/mol. The van der Waals surface area contributed by atoms with Gasteiger partial charge >= 0.3 is 80.4 Å². The molecule has 0 aliphatic heterocycles. The fraction of sp³-hybridized carbons (Fsp3) is 0.389. The second kappa shape index (κ2) is 55.7. The van der Waals surface area contributed by atoms with Crippen LogP contribution in [-0.2, 0) is 115 Å². The van der Waals surface area contributed by atoms with E-state index in [0.29, 0.717) is 0 Å². The number of hydrogen-bond acceptors (Lipinski definition) is 7. The molecule has 9 nitrogen and oxygen atoms in total. The fourth-order valence-corrected chi connectivity index (χ4v) is 17.9. The molecular formula is C126H191Ir5N9-2. The van der Waals surface area contributed by atoms with Crippen LogP contribution in [0.4, 0.5) is 0 Å². The van der Waals surface area contributed by atoms with Gasteiger partial charge in [-0.1, -0.05) is 188 Å². The van der Waals surface area contributed by atoms with Crippen LogP contribution in [0.25, 0.3) is 89.4 Å². The minimum atomic E-state index is 0. The summed E-state index contributed by atoms with van der Waals surface area (Å²) in [5, 5.41) is 9.64. The summed E-state index contributed by atoms with van der Waals surface area (Å²) in [4.78, 5) is 29.0. The Bertz CT molecular complexity index is 6470. The predicted molar refractivity (Wildman–Crippen MR) is 617 cm³/mol. The third kappa shape index (κ3) is 27.0. The third-order valence-corrected chi connectivity index (χ3v) is 31.0. The van der Waals surface area contributed by atoms with Gasteiger partial charge in [0.2, 0.25) is 0 Å². The molecule has 14 heteroatoms. The Balaban J connectivity index is -0.000000111. The maximum atomic E-state index is 5.09. The van der Waals surface area contributed by atoms with Crippen molar-refractivity contribution in [2.45, 2.75) is 325 Å². The summed E-state index contributed by atoms with van der Waals surface area (Å²) in [7, 11) is 4.00. The van der Waals surface area contributed by atoms with Gasteiger partial charge in [0.15, 0.2) is 0 Å². The number of aryl methyl sites for hydroxylation is 19. The van der Waals surface area contributed by atoms with Gasteiger partial charge in [-0.15, -0.1) is 203 Å². The Kier molecular flexibility index (Phi) is 54.3. The Morgan fingerprint density at radius 3 is 0.607 bits per heavy atom. The molecule has 0 spiro atoms. The molecule has 1 radical (unpaired) electrons. The molecule has 0 saturated carbocycles. The first-order chi connectivity index (χ1) is 60.9. The summed E-state index contributed by atoms with van der Waals surface area (Å²) < 4.78 is 24.0. The van der Waals surface area contributed by atoms with E-state index in [1.807, 2.05) is 18.7 Å². The van der Waals surface area contributed by atoms with Gasteiger partial charge in [-0.3, -0.25) is 14.6 Å². The van der Waals surface area contributed by atoms with Crippen molar-refractivity contribution in [3.05, 3.63) is 358 Å². The molecule has 0 fully saturated rings. The molecule has 0 unspecified atom stereocenters. The van der Waals surface area contributed by atoms with Crippen molar-refractivity contribution in [2.24, 2.45) is 14.1 Å². The van der Waals surface area contributed by atoms with Gasteiger partial charge in [0.1, 0.15) is 5.82 Å². The first-order valence-corrected chi connectivity index (χ1v) is 45.4. The van der Waals surface area contributed by atoms with E-state index in [0.717, 1.165) is 102 Å². The molecule has 0 bridgehead atoms. The van der Waals surface area contributed by atoms with Crippen LogP contribution >= 0.6 is 0 Å². The number of hydrogen-bond donors (Lipinski definition) is 0. The molecule has 14 rings (SSSR count). The minimum Gasteiger partial charge on any atom is -0.371 e. The van der Waals surface area contributed by atoms with E-state index in [2.05, 4.69) is 382 Å². The maximum absolute atomic E-state index is 5.09. The predicted octanol–water partition coefficient (Wildman–Crippen LogP) is 36.2. The van der Waals surface area contributed by atoms with E-state index in [-0.39, 0.29) is 171 Å². The van der Waals surface area contributed by atoms with Crippen molar-refractivity contribution in [3.63, 3.8) is 0 Å². The van der Waals surface area contributed by atoms with Crippen molar-refractivity contribution in [3.8, 4) is 67.8 Å². The molecule has 787 valence electrons. The molecule has 6 aromatic heterocycles.